The highest BCUT2D eigenvalue weighted by molar-refractivity contribution is 7.80. The molecule has 0 spiro atoms. The fourth-order valence-corrected chi connectivity index (χ4v) is 7.35. The summed E-state index contributed by atoms with van der Waals surface area (Å²) >= 11 is 8.77. The smallest absolute Gasteiger partial charge is 0.0841 e. The first kappa shape index (κ1) is 23.6. The number of fused-ring (bicyclic) bond motifs is 2. The first-order valence-electron chi connectivity index (χ1n) is 11.9. The minimum atomic E-state index is 0.0577. The normalized spacial score (nSPS) is 12.4. The summed E-state index contributed by atoms with van der Waals surface area (Å²) in [6.07, 6.45) is 3.04. The van der Waals surface area contributed by atoms with Crippen molar-refractivity contribution in [2.24, 2.45) is 5.92 Å². The molecule has 34 heavy (non-hydrogen) atoms. The van der Waals surface area contributed by atoms with Crippen LogP contribution in [0.4, 0.5) is 0 Å². The van der Waals surface area contributed by atoms with Gasteiger partial charge in [0.2, 0.25) is 0 Å². The molecule has 5 rings (SSSR count). The topological polar surface area (TPSA) is 12.9 Å². The number of benzene rings is 2. The Kier molecular flexibility index (Phi) is 6.12. The molecule has 0 atom stereocenters. The molecule has 2 aromatic carbocycles. The van der Waals surface area contributed by atoms with Gasteiger partial charge in [-0.2, -0.15) is 0 Å². The summed E-state index contributed by atoms with van der Waals surface area (Å²) in [4.78, 5) is 7.17. The second-order valence-corrected chi connectivity index (χ2v) is 13.2. The molecule has 0 saturated heterocycles. The van der Waals surface area contributed by atoms with E-state index in [-0.39, 0.29) is 5.41 Å². The summed E-state index contributed by atoms with van der Waals surface area (Å²) in [5.41, 5.74) is 7.34. The number of hydrogen-bond acceptors (Lipinski definition) is 4. The van der Waals surface area contributed by atoms with Crippen molar-refractivity contribution < 1.29 is 0 Å². The van der Waals surface area contributed by atoms with E-state index in [9.17, 15) is 0 Å². The minimum Gasteiger partial charge on any atom is -0.255 e. The zero-order valence-corrected chi connectivity index (χ0v) is 23.2. The van der Waals surface area contributed by atoms with Gasteiger partial charge >= 0.3 is 0 Å². The summed E-state index contributed by atoms with van der Waals surface area (Å²) < 4.78 is 2.73. The molecule has 0 fully saturated rings. The quantitative estimate of drug-likeness (QED) is 0.242. The molecule has 4 heteroatoms. The van der Waals surface area contributed by atoms with Crippen LogP contribution in [0, 0.1) is 12.8 Å². The van der Waals surface area contributed by atoms with E-state index in [0.717, 1.165) is 28.1 Å². The second kappa shape index (κ2) is 8.82. The molecule has 0 aliphatic carbocycles. The SMILES string of the molecule is Cc1sc2ccc(-c3ccnc(-c4cc(C(C)(C)C)c5sccc5c4)c3S)cc2c1CC(C)C. The summed E-state index contributed by atoms with van der Waals surface area (Å²) in [6, 6.07) is 15.8. The van der Waals surface area contributed by atoms with Gasteiger partial charge in [-0.25, -0.2) is 0 Å². The molecule has 3 heterocycles. The van der Waals surface area contributed by atoms with Crippen molar-refractivity contribution in [3.8, 4) is 22.4 Å². The van der Waals surface area contributed by atoms with Gasteiger partial charge in [0, 0.05) is 30.9 Å². The van der Waals surface area contributed by atoms with Crippen LogP contribution >= 0.6 is 35.3 Å². The Morgan fingerprint density at radius 1 is 1.00 bits per heavy atom. The Labute approximate surface area is 216 Å². The van der Waals surface area contributed by atoms with E-state index < -0.39 is 0 Å². The van der Waals surface area contributed by atoms with Crippen LogP contribution in [0.15, 0.2) is 58.9 Å². The number of thiophene rings is 2. The number of nitrogens with zero attached hydrogens (tertiary/aromatic N) is 1. The fourth-order valence-electron chi connectivity index (χ4n) is 4.77. The van der Waals surface area contributed by atoms with Gasteiger partial charge < -0.3 is 0 Å². The van der Waals surface area contributed by atoms with Crippen LogP contribution in [0.2, 0.25) is 0 Å². The summed E-state index contributed by atoms with van der Waals surface area (Å²) in [5, 5.41) is 4.84. The lowest BCUT2D eigenvalue weighted by atomic mass is 9.85. The van der Waals surface area contributed by atoms with Gasteiger partial charge in [-0.1, -0.05) is 40.7 Å². The van der Waals surface area contributed by atoms with E-state index in [1.807, 2.05) is 28.9 Å². The average Bonchev–Trinajstić information content (AvgIpc) is 3.36. The van der Waals surface area contributed by atoms with Crippen LogP contribution in [-0.2, 0) is 11.8 Å². The van der Waals surface area contributed by atoms with E-state index in [4.69, 9.17) is 17.6 Å². The Morgan fingerprint density at radius 3 is 2.53 bits per heavy atom. The second-order valence-electron chi connectivity index (χ2n) is 10.6. The van der Waals surface area contributed by atoms with E-state index in [1.54, 1.807) is 0 Å². The third kappa shape index (κ3) is 4.21. The van der Waals surface area contributed by atoms with Gasteiger partial charge in [0.15, 0.2) is 0 Å². The van der Waals surface area contributed by atoms with Crippen LogP contribution < -0.4 is 0 Å². The number of thiol groups is 1. The number of rotatable bonds is 4. The van der Waals surface area contributed by atoms with Gasteiger partial charge in [-0.3, -0.25) is 4.98 Å². The molecule has 0 radical (unpaired) electrons. The standard InChI is InChI=1S/C30H31NS3/c1-17(2)13-23-18(3)34-26-8-7-19(15-24(23)26)22-9-11-31-27(28(22)32)21-14-20-10-12-33-29(20)25(16-21)30(4,5)6/h7-12,14-17,32H,13H2,1-6H3. The molecule has 0 bridgehead atoms. The van der Waals surface area contributed by atoms with Gasteiger partial charge in [-0.05, 0) is 99.5 Å². The summed E-state index contributed by atoms with van der Waals surface area (Å²) in [6.45, 7) is 13.7. The van der Waals surface area contributed by atoms with E-state index >= 15 is 0 Å². The predicted molar refractivity (Wildman–Crippen MR) is 155 cm³/mol. The van der Waals surface area contributed by atoms with Crippen molar-refractivity contribution in [1.29, 1.82) is 0 Å². The Hall–Kier alpha value is -2.14. The first-order chi connectivity index (χ1) is 16.1. The van der Waals surface area contributed by atoms with E-state index in [1.165, 1.54) is 41.7 Å². The maximum atomic E-state index is 5.04. The molecule has 5 aromatic rings. The molecule has 3 aromatic heterocycles. The Morgan fingerprint density at radius 2 is 1.79 bits per heavy atom. The zero-order valence-electron chi connectivity index (χ0n) is 20.7. The fraction of sp³-hybridized carbons (Fsp3) is 0.300. The molecule has 0 saturated carbocycles. The average molecular weight is 502 g/mol. The molecule has 0 amide bonds. The van der Waals surface area contributed by atoms with Gasteiger partial charge in [0.05, 0.1) is 5.69 Å². The lowest BCUT2D eigenvalue weighted by Gasteiger charge is -2.21. The number of hydrogen-bond donors (Lipinski definition) is 1. The largest absolute Gasteiger partial charge is 0.255 e. The van der Waals surface area contributed by atoms with Gasteiger partial charge in [0.1, 0.15) is 0 Å². The summed E-state index contributed by atoms with van der Waals surface area (Å²) in [7, 11) is 0. The minimum absolute atomic E-state index is 0.0577. The molecule has 0 aliphatic rings. The van der Waals surface area contributed by atoms with Crippen LogP contribution in [0.25, 0.3) is 42.6 Å². The van der Waals surface area contributed by atoms with Crippen molar-refractivity contribution in [2.45, 2.75) is 58.3 Å². The van der Waals surface area contributed by atoms with Crippen LogP contribution in [0.3, 0.4) is 0 Å². The first-order valence-corrected chi connectivity index (χ1v) is 14.0. The third-order valence-corrected chi connectivity index (χ3v) is 9.02. The van der Waals surface area contributed by atoms with Crippen LogP contribution in [0.5, 0.6) is 0 Å². The van der Waals surface area contributed by atoms with Crippen molar-refractivity contribution in [1.82, 2.24) is 4.98 Å². The summed E-state index contributed by atoms with van der Waals surface area (Å²) in [5.74, 6) is 0.636. The molecular weight excluding hydrogens is 471 g/mol. The lowest BCUT2D eigenvalue weighted by Crippen LogP contribution is -2.11. The van der Waals surface area contributed by atoms with Gasteiger partial charge in [0.25, 0.3) is 0 Å². The molecule has 1 nitrogen and oxygen atoms in total. The third-order valence-electron chi connectivity index (χ3n) is 6.47. The molecular formula is C30H31NS3. The zero-order chi connectivity index (χ0) is 24.2. The molecule has 0 N–H and O–H groups in total. The number of pyridine rings is 1. The maximum absolute atomic E-state index is 5.04. The van der Waals surface area contributed by atoms with Crippen molar-refractivity contribution >= 4 is 55.5 Å². The van der Waals surface area contributed by atoms with Crippen molar-refractivity contribution in [3.05, 3.63) is 70.0 Å². The number of aryl methyl sites for hydroxylation is 1. The number of aromatic nitrogens is 1. The van der Waals surface area contributed by atoms with E-state index in [0.29, 0.717) is 5.92 Å². The predicted octanol–water partition coefficient (Wildman–Crippen LogP) is 9.94. The van der Waals surface area contributed by atoms with Crippen LogP contribution in [0.1, 0.15) is 50.6 Å². The monoisotopic (exact) mass is 501 g/mol. The van der Waals surface area contributed by atoms with Crippen molar-refractivity contribution in [3.63, 3.8) is 0 Å². The van der Waals surface area contributed by atoms with Gasteiger partial charge in [-0.15, -0.1) is 35.3 Å². The van der Waals surface area contributed by atoms with Crippen molar-refractivity contribution in [2.75, 3.05) is 0 Å². The highest BCUT2D eigenvalue weighted by Gasteiger charge is 2.21. The van der Waals surface area contributed by atoms with E-state index in [2.05, 4.69) is 89.4 Å². The Bertz CT molecular complexity index is 1510. The molecule has 174 valence electrons. The lowest BCUT2D eigenvalue weighted by molar-refractivity contribution is 0.597. The maximum Gasteiger partial charge on any atom is 0.0841 e. The Balaban J connectivity index is 1.66. The highest BCUT2D eigenvalue weighted by Crippen LogP contribution is 2.41. The highest BCUT2D eigenvalue weighted by atomic mass is 32.1. The molecule has 0 aliphatic heterocycles. The molecule has 0 unspecified atom stereocenters. The van der Waals surface area contributed by atoms with Crippen LogP contribution in [-0.4, -0.2) is 4.98 Å².